The lowest BCUT2D eigenvalue weighted by Gasteiger charge is -2.37. The molecule has 1 saturated heterocycles. The van der Waals surface area contributed by atoms with Gasteiger partial charge < -0.3 is 19.8 Å². The maximum atomic E-state index is 14.5. The lowest BCUT2D eigenvalue weighted by atomic mass is 10.0. The molecule has 14 heteroatoms. The number of anilines is 2. The van der Waals surface area contributed by atoms with Crippen LogP contribution in [0.2, 0.25) is 0 Å². The second kappa shape index (κ2) is 9.58. The van der Waals surface area contributed by atoms with Gasteiger partial charge in [0.05, 0.1) is 23.9 Å². The van der Waals surface area contributed by atoms with Crippen LogP contribution in [0, 0.1) is 23.0 Å². The predicted molar refractivity (Wildman–Crippen MR) is 129 cm³/mol. The SMILES string of the molecule is CC1=NN(c2nc(N3CCN(C(=O)N4N=CC[C@H]4c4cc(F)cc(C#N)c4)CC3)ncc2F)C(O)N1C. The molecule has 1 aromatic heterocycles. The van der Waals surface area contributed by atoms with Gasteiger partial charge in [0.15, 0.2) is 11.6 Å². The average Bonchev–Trinajstić information content (AvgIpc) is 3.49. The summed E-state index contributed by atoms with van der Waals surface area (Å²) in [6.07, 6.45) is 1.84. The van der Waals surface area contributed by atoms with E-state index in [0.717, 1.165) is 17.3 Å². The molecular formula is C23H24F2N10O2. The Labute approximate surface area is 211 Å². The van der Waals surface area contributed by atoms with E-state index in [9.17, 15) is 18.7 Å². The molecule has 12 nitrogen and oxygen atoms in total. The fourth-order valence-electron chi connectivity index (χ4n) is 4.42. The summed E-state index contributed by atoms with van der Waals surface area (Å²) in [5.74, 6) is -0.670. The van der Waals surface area contributed by atoms with Gasteiger partial charge in [0.1, 0.15) is 11.7 Å². The third-order valence-corrected chi connectivity index (χ3v) is 6.55. The molecule has 4 heterocycles. The first-order chi connectivity index (χ1) is 17.8. The summed E-state index contributed by atoms with van der Waals surface area (Å²) >= 11 is 0. The van der Waals surface area contributed by atoms with Gasteiger partial charge in [-0.25, -0.2) is 23.6 Å². The zero-order valence-corrected chi connectivity index (χ0v) is 20.2. The lowest BCUT2D eigenvalue weighted by Crippen LogP contribution is -2.52. The van der Waals surface area contributed by atoms with E-state index in [0.29, 0.717) is 44.0 Å². The van der Waals surface area contributed by atoms with Gasteiger partial charge in [-0.15, -0.1) is 0 Å². The van der Waals surface area contributed by atoms with Crippen LogP contribution >= 0.6 is 0 Å². The van der Waals surface area contributed by atoms with Crippen LogP contribution in [0.3, 0.4) is 0 Å². The number of hydrogen-bond donors (Lipinski definition) is 1. The molecule has 0 radical (unpaired) electrons. The fourth-order valence-corrected chi connectivity index (χ4v) is 4.42. The number of aromatic nitrogens is 2. The van der Waals surface area contributed by atoms with Gasteiger partial charge in [0.2, 0.25) is 12.3 Å². The van der Waals surface area contributed by atoms with Crippen LogP contribution in [0.4, 0.5) is 25.3 Å². The van der Waals surface area contributed by atoms with Crippen LogP contribution in [0.1, 0.15) is 30.5 Å². The van der Waals surface area contributed by atoms with Crippen LogP contribution < -0.4 is 9.91 Å². The standard InChI is InChI=1S/C23H24F2N10O2/c1-14-30-35(22(36)31(14)2)20-18(25)13-27-21(29-20)32-5-7-33(8-6-32)23(37)34-19(3-4-28-34)16-9-15(12-26)10-17(24)11-16/h4,9-11,13,19,22,36H,3,5-8H2,1-2H3/t19-,22?/m0/s1. The van der Waals surface area contributed by atoms with E-state index in [-0.39, 0.29) is 23.4 Å². The summed E-state index contributed by atoms with van der Waals surface area (Å²) in [6.45, 7) is 3.09. The van der Waals surface area contributed by atoms with E-state index in [1.165, 1.54) is 16.0 Å². The fraction of sp³-hybridized carbons (Fsp3) is 0.391. The first kappa shape index (κ1) is 24.3. The normalized spacial score (nSPS) is 21.5. The molecule has 0 saturated carbocycles. The third-order valence-electron chi connectivity index (χ3n) is 6.55. The lowest BCUT2D eigenvalue weighted by molar-refractivity contribution is 0.0794. The molecule has 5 rings (SSSR count). The number of carbonyl (C=O) groups is 1. The molecule has 192 valence electrons. The summed E-state index contributed by atoms with van der Waals surface area (Å²) < 4.78 is 28.5. The Balaban J connectivity index is 1.27. The maximum Gasteiger partial charge on any atom is 0.341 e. The van der Waals surface area contributed by atoms with Gasteiger partial charge in [-0.2, -0.15) is 25.5 Å². The van der Waals surface area contributed by atoms with Crippen LogP contribution in [-0.4, -0.2) is 87.5 Å². The van der Waals surface area contributed by atoms with E-state index in [4.69, 9.17) is 5.26 Å². The number of aliphatic hydroxyl groups excluding tert-OH is 1. The Hall–Kier alpha value is -4.38. The molecule has 0 bridgehead atoms. The average molecular weight is 511 g/mol. The van der Waals surface area contributed by atoms with Crippen molar-refractivity contribution in [2.24, 2.45) is 10.2 Å². The summed E-state index contributed by atoms with van der Waals surface area (Å²) in [7, 11) is 1.63. The second-order valence-electron chi connectivity index (χ2n) is 8.83. The second-order valence-corrected chi connectivity index (χ2v) is 8.83. The van der Waals surface area contributed by atoms with Gasteiger partial charge in [0, 0.05) is 45.9 Å². The molecule has 2 amide bonds. The third kappa shape index (κ3) is 4.49. The van der Waals surface area contributed by atoms with Gasteiger partial charge in [-0.3, -0.25) is 0 Å². The molecule has 1 fully saturated rings. The van der Waals surface area contributed by atoms with Gasteiger partial charge >= 0.3 is 6.03 Å². The molecule has 1 aromatic carbocycles. The Morgan fingerprint density at radius 1 is 1.19 bits per heavy atom. The first-order valence-corrected chi connectivity index (χ1v) is 11.6. The van der Waals surface area contributed by atoms with Gasteiger partial charge in [0.25, 0.3) is 0 Å². The largest absolute Gasteiger partial charge is 0.355 e. The molecule has 2 atom stereocenters. The highest BCUT2D eigenvalue weighted by Crippen LogP contribution is 2.31. The van der Waals surface area contributed by atoms with E-state index in [1.807, 2.05) is 11.0 Å². The number of hydrazone groups is 2. The van der Waals surface area contributed by atoms with Crippen molar-refractivity contribution in [3.8, 4) is 6.07 Å². The van der Waals surface area contributed by atoms with Crippen molar-refractivity contribution in [2.75, 3.05) is 43.1 Å². The highest BCUT2D eigenvalue weighted by Gasteiger charge is 2.35. The number of piperazine rings is 1. The molecule has 0 aliphatic carbocycles. The number of amides is 2. The van der Waals surface area contributed by atoms with Crippen molar-refractivity contribution in [1.82, 2.24) is 24.8 Å². The van der Waals surface area contributed by atoms with Gasteiger partial charge in [-0.05, 0) is 30.7 Å². The van der Waals surface area contributed by atoms with Crippen molar-refractivity contribution in [3.05, 3.63) is 47.2 Å². The smallest absolute Gasteiger partial charge is 0.341 e. The van der Waals surface area contributed by atoms with Crippen LogP contribution in [0.5, 0.6) is 0 Å². The Morgan fingerprint density at radius 3 is 2.62 bits per heavy atom. The number of halogens is 2. The monoisotopic (exact) mass is 510 g/mol. The van der Waals surface area contributed by atoms with Crippen LogP contribution in [0.15, 0.2) is 34.6 Å². The summed E-state index contributed by atoms with van der Waals surface area (Å²) in [5, 5.41) is 30.3. The van der Waals surface area contributed by atoms with Crippen LogP contribution in [-0.2, 0) is 0 Å². The van der Waals surface area contributed by atoms with Crippen molar-refractivity contribution < 1.29 is 18.7 Å². The molecule has 37 heavy (non-hydrogen) atoms. The highest BCUT2D eigenvalue weighted by atomic mass is 19.1. The highest BCUT2D eigenvalue weighted by molar-refractivity contribution is 5.83. The molecule has 1 unspecified atom stereocenters. The van der Waals surface area contributed by atoms with Crippen molar-refractivity contribution >= 4 is 29.8 Å². The molecular weight excluding hydrogens is 486 g/mol. The molecule has 1 N–H and O–H groups in total. The number of rotatable bonds is 3. The predicted octanol–water partition coefficient (Wildman–Crippen LogP) is 1.66. The zero-order chi connectivity index (χ0) is 26.3. The number of nitriles is 1. The quantitative estimate of drug-likeness (QED) is 0.661. The Kier molecular flexibility index (Phi) is 6.30. The Bertz CT molecular complexity index is 1320. The number of aliphatic hydroxyl groups is 1. The topological polar surface area (TPSA) is 128 Å². The maximum absolute atomic E-state index is 14.5. The van der Waals surface area contributed by atoms with Crippen molar-refractivity contribution in [1.29, 1.82) is 5.26 Å². The minimum Gasteiger partial charge on any atom is -0.355 e. The summed E-state index contributed by atoms with van der Waals surface area (Å²) in [6, 6.07) is 5.09. The van der Waals surface area contributed by atoms with E-state index in [1.54, 1.807) is 31.2 Å². The van der Waals surface area contributed by atoms with E-state index >= 15 is 0 Å². The van der Waals surface area contributed by atoms with E-state index < -0.39 is 24.0 Å². The number of hydrogen-bond acceptors (Lipinski definition) is 10. The molecule has 3 aliphatic heterocycles. The summed E-state index contributed by atoms with van der Waals surface area (Å²) in [4.78, 5) is 26.6. The number of nitrogens with zero attached hydrogens (tertiary/aromatic N) is 10. The summed E-state index contributed by atoms with van der Waals surface area (Å²) in [5.41, 5.74) is 0.677. The van der Waals surface area contributed by atoms with Gasteiger partial charge in [-0.1, -0.05) is 0 Å². The Morgan fingerprint density at radius 2 is 1.95 bits per heavy atom. The van der Waals surface area contributed by atoms with Crippen molar-refractivity contribution in [3.63, 3.8) is 0 Å². The number of urea groups is 1. The zero-order valence-electron chi connectivity index (χ0n) is 20.2. The first-order valence-electron chi connectivity index (χ1n) is 11.6. The van der Waals surface area contributed by atoms with Crippen LogP contribution in [0.25, 0.3) is 0 Å². The number of carbonyl (C=O) groups excluding carboxylic acids is 1. The molecule has 3 aliphatic rings. The molecule has 0 spiro atoms. The van der Waals surface area contributed by atoms with E-state index in [2.05, 4.69) is 20.2 Å². The minimum absolute atomic E-state index is 0.152. The minimum atomic E-state index is -1.19. The number of amidine groups is 1. The molecule has 2 aromatic rings. The number of benzene rings is 1. The van der Waals surface area contributed by atoms with Crippen molar-refractivity contribution in [2.45, 2.75) is 25.7 Å².